The van der Waals surface area contributed by atoms with Crippen molar-refractivity contribution in [3.05, 3.63) is 0 Å². The van der Waals surface area contributed by atoms with Gasteiger partial charge in [-0.2, -0.15) is 0 Å². The van der Waals surface area contributed by atoms with Gasteiger partial charge in [-0.25, -0.2) is 4.79 Å². The summed E-state index contributed by atoms with van der Waals surface area (Å²) in [7, 11) is 0. The van der Waals surface area contributed by atoms with Crippen LogP contribution in [0.1, 0.15) is 59.8 Å². The molecule has 2 atom stereocenters. The zero-order valence-corrected chi connectivity index (χ0v) is 13.7. The molecule has 0 heterocycles. The number of aliphatic carboxylic acids is 1. The number of carboxylic acids is 1. The van der Waals surface area contributed by atoms with E-state index in [1.54, 1.807) is 0 Å². The van der Waals surface area contributed by atoms with E-state index in [-0.39, 0.29) is 17.5 Å². The standard InChI is InChI=1S/C16H30N2O3/c1-11(2)16(3,4)10-17-15(21)18-13-9-7-5-6-8-12(13)14(19)20/h11-13H,5-10H2,1-4H3,(H,19,20)(H2,17,18,21). The van der Waals surface area contributed by atoms with Crippen molar-refractivity contribution >= 4 is 12.0 Å². The number of amides is 2. The lowest BCUT2D eigenvalue weighted by Crippen LogP contribution is -2.49. The van der Waals surface area contributed by atoms with Gasteiger partial charge in [0, 0.05) is 12.6 Å². The molecule has 2 unspecified atom stereocenters. The second-order valence-corrected chi connectivity index (χ2v) is 7.16. The number of carbonyl (C=O) groups excluding carboxylic acids is 1. The van der Waals surface area contributed by atoms with Crippen LogP contribution in [-0.4, -0.2) is 29.7 Å². The van der Waals surface area contributed by atoms with E-state index in [4.69, 9.17) is 0 Å². The van der Waals surface area contributed by atoms with Gasteiger partial charge in [0.05, 0.1) is 5.92 Å². The molecular formula is C16H30N2O3. The summed E-state index contributed by atoms with van der Waals surface area (Å²) in [6.45, 7) is 9.07. The minimum Gasteiger partial charge on any atom is -0.481 e. The van der Waals surface area contributed by atoms with Crippen LogP contribution in [0.15, 0.2) is 0 Å². The maximum Gasteiger partial charge on any atom is 0.315 e. The maximum atomic E-state index is 12.0. The van der Waals surface area contributed by atoms with Gasteiger partial charge in [-0.3, -0.25) is 4.79 Å². The third-order valence-corrected chi connectivity index (χ3v) is 4.92. The van der Waals surface area contributed by atoms with Gasteiger partial charge >= 0.3 is 12.0 Å². The summed E-state index contributed by atoms with van der Waals surface area (Å²) >= 11 is 0. The van der Waals surface area contributed by atoms with Crippen LogP contribution in [-0.2, 0) is 4.79 Å². The van der Waals surface area contributed by atoms with Crippen molar-refractivity contribution in [2.75, 3.05) is 6.54 Å². The first-order valence-corrected chi connectivity index (χ1v) is 8.01. The van der Waals surface area contributed by atoms with Crippen LogP contribution in [0, 0.1) is 17.3 Å². The number of hydrogen-bond donors (Lipinski definition) is 3. The zero-order valence-electron chi connectivity index (χ0n) is 13.7. The van der Waals surface area contributed by atoms with Crippen LogP contribution >= 0.6 is 0 Å². The van der Waals surface area contributed by atoms with Crippen molar-refractivity contribution in [1.82, 2.24) is 10.6 Å². The molecule has 1 aliphatic rings. The quantitative estimate of drug-likeness (QED) is 0.683. The van der Waals surface area contributed by atoms with E-state index in [1.807, 2.05) is 0 Å². The van der Waals surface area contributed by atoms with Crippen LogP contribution in [0.2, 0.25) is 0 Å². The van der Waals surface area contributed by atoms with Gasteiger partial charge in [0.1, 0.15) is 0 Å². The van der Waals surface area contributed by atoms with Crippen molar-refractivity contribution in [2.45, 2.75) is 65.8 Å². The van der Waals surface area contributed by atoms with Crippen LogP contribution in [0.3, 0.4) is 0 Å². The molecule has 0 radical (unpaired) electrons. The first kappa shape index (κ1) is 17.8. The molecule has 1 aliphatic carbocycles. The predicted molar refractivity (Wildman–Crippen MR) is 83.2 cm³/mol. The molecule has 1 saturated carbocycles. The lowest BCUT2D eigenvalue weighted by atomic mass is 9.81. The molecule has 1 fully saturated rings. The highest BCUT2D eigenvalue weighted by Gasteiger charge is 2.31. The summed E-state index contributed by atoms with van der Waals surface area (Å²) in [6, 6.07) is -0.506. The second-order valence-electron chi connectivity index (χ2n) is 7.16. The third-order valence-electron chi connectivity index (χ3n) is 4.92. The van der Waals surface area contributed by atoms with E-state index in [9.17, 15) is 14.7 Å². The van der Waals surface area contributed by atoms with Crippen LogP contribution < -0.4 is 10.6 Å². The van der Waals surface area contributed by atoms with Crippen LogP contribution in [0.5, 0.6) is 0 Å². The molecule has 0 aromatic rings. The fourth-order valence-corrected chi connectivity index (χ4v) is 2.51. The predicted octanol–water partition coefficient (Wildman–Crippen LogP) is 3.00. The van der Waals surface area contributed by atoms with E-state index in [2.05, 4.69) is 38.3 Å². The van der Waals surface area contributed by atoms with Gasteiger partial charge in [0.25, 0.3) is 0 Å². The van der Waals surface area contributed by atoms with Crippen molar-refractivity contribution < 1.29 is 14.7 Å². The molecular weight excluding hydrogens is 268 g/mol. The number of urea groups is 1. The molecule has 122 valence electrons. The Morgan fingerprint density at radius 3 is 2.38 bits per heavy atom. The Hall–Kier alpha value is -1.26. The summed E-state index contributed by atoms with van der Waals surface area (Å²) in [5.74, 6) is -0.802. The van der Waals surface area contributed by atoms with E-state index in [0.29, 0.717) is 18.9 Å². The molecule has 0 aromatic heterocycles. The lowest BCUT2D eigenvalue weighted by Gasteiger charge is -2.30. The smallest absolute Gasteiger partial charge is 0.315 e. The molecule has 0 aliphatic heterocycles. The summed E-state index contributed by atoms with van der Waals surface area (Å²) in [4.78, 5) is 23.4. The van der Waals surface area contributed by atoms with Crippen molar-refractivity contribution in [1.29, 1.82) is 0 Å². The Labute approximate surface area is 127 Å². The molecule has 0 aromatic carbocycles. The largest absolute Gasteiger partial charge is 0.481 e. The average molecular weight is 298 g/mol. The SMILES string of the molecule is CC(C)C(C)(C)CNC(=O)NC1CCCCCC1C(=O)O. The number of nitrogens with one attached hydrogen (secondary N) is 2. The Kier molecular flexibility index (Phi) is 6.49. The van der Waals surface area contributed by atoms with Crippen molar-refractivity contribution in [3.63, 3.8) is 0 Å². The van der Waals surface area contributed by atoms with Crippen LogP contribution in [0.4, 0.5) is 4.79 Å². The van der Waals surface area contributed by atoms with Crippen molar-refractivity contribution in [3.8, 4) is 0 Å². The monoisotopic (exact) mass is 298 g/mol. The first-order chi connectivity index (χ1) is 9.74. The lowest BCUT2D eigenvalue weighted by molar-refractivity contribution is -0.142. The van der Waals surface area contributed by atoms with E-state index < -0.39 is 11.9 Å². The Balaban J connectivity index is 2.53. The fourth-order valence-electron chi connectivity index (χ4n) is 2.51. The normalized spacial score (nSPS) is 23.5. The van der Waals surface area contributed by atoms with Crippen LogP contribution in [0.25, 0.3) is 0 Å². The van der Waals surface area contributed by atoms with E-state index in [1.165, 1.54) is 0 Å². The number of carbonyl (C=O) groups is 2. The molecule has 1 rings (SSSR count). The van der Waals surface area contributed by atoms with Gasteiger partial charge in [-0.15, -0.1) is 0 Å². The molecule has 2 amide bonds. The molecule has 5 heteroatoms. The molecule has 3 N–H and O–H groups in total. The summed E-state index contributed by atoms with van der Waals surface area (Å²) in [5.41, 5.74) is 0.0208. The van der Waals surface area contributed by atoms with Gasteiger partial charge in [0.15, 0.2) is 0 Å². The minimum atomic E-state index is -0.801. The number of hydrogen-bond acceptors (Lipinski definition) is 2. The van der Waals surface area contributed by atoms with Gasteiger partial charge < -0.3 is 15.7 Å². The highest BCUT2D eigenvalue weighted by Crippen LogP contribution is 2.25. The number of carboxylic acid groups (broad SMARTS) is 1. The highest BCUT2D eigenvalue weighted by molar-refractivity contribution is 5.76. The zero-order chi connectivity index (χ0) is 16.0. The summed E-state index contributed by atoms with van der Waals surface area (Å²) in [6.07, 6.45) is 4.35. The Morgan fingerprint density at radius 1 is 1.19 bits per heavy atom. The molecule has 0 bridgehead atoms. The topological polar surface area (TPSA) is 78.4 Å². The molecule has 21 heavy (non-hydrogen) atoms. The Morgan fingerprint density at radius 2 is 1.81 bits per heavy atom. The van der Waals surface area contributed by atoms with Gasteiger partial charge in [0.2, 0.25) is 0 Å². The highest BCUT2D eigenvalue weighted by atomic mass is 16.4. The Bertz CT molecular complexity index is 367. The van der Waals surface area contributed by atoms with E-state index >= 15 is 0 Å². The summed E-state index contributed by atoms with van der Waals surface area (Å²) < 4.78 is 0. The van der Waals surface area contributed by atoms with E-state index in [0.717, 1.165) is 25.7 Å². The average Bonchev–Trinajstić information content (AvgIpc) is 2.61. The first-order valence-electron chi connectivity index (χ1n) is 8.01. The fraction of sp³-hybridized carbons (Fsp3) is 0.875. The number of rotatable bonds is 5. The third kappa shape index (κ3) is 5.56. The van der Waals surface area contributed by atoms with Gasteiger partial charge in [-0.05, 0) is 24.2 Å². The van der Waals surface area contributed by atoms with Crippen molar-refractivity contribution in [2.24, 2.45) is 17.3 Å². The maximum absolute atomic E-state index is 12.0. The van der Waals surface area contributed by atoms with Gasteiger partial charge in [-0.1, -0.05) is 47.0 Å². The molecule has 0 saturated heterocycles. The molecule has 5 nitrogen and oxygen atoms in total. The minimum absolute atomic E-state index is 0.0208. The molecule has 0 spiro atoms. The second kappa shape index (κ2) is 7.66. The summed E-state index contributed by atoms with van der Waals surface area (Å²) in [5, 5.41) is 15.1.